The number of ketones is 1. The topological polar surface area (TPSA) is 123 Å². The van der Waals surface area contributed by atoms with Gasteiger partial charge in [-0.05, 0) is 35.8 Å². The van der Waals surface area contributed by atoms with Crippen molar-refractivity contribution in [3.8, 4) is 11.4 Å². The Morgan fingerprint density at radius 3 is 2.77 bits per heavy atom. The molecule has 0 atom stereocenters. The summed E-state index contributed by atoms with van der Waals surface area (Å²) in [6.45, 7) is 7.75. The number of nitrogen functional groups attached to an aromatic ring is 1. The minimum Gasteiger partial charge on any atom is -0.372 e. The van der Waals surface area contributed by atoms with Gasteiger partial charge in [-0.15, -0.1) is 11.3 Å². The number of fused-ring (bicyclic) bond motifs is 3. The van der Waals surface area contributed by atoms with Crippen molar-refractivity contribution < 1.29 is 9.53 Å². The minimum absolute atomic E-state index is 0.0325. The molecule has 0 bridgehead atoms. The summed E-state index contributed by atoms with van der Waals surface area (Å²) in [5.74, 6) is 0.167. The zero-order valence-corrected chi connectivity index (χ0v) is 23.1. The van der Waals surface area contributed by atoms with Gasteiger partial charge in [0, 0.05) is 36.8 Å². The number of ether oxygens (including phenoxy) is 1. The molecule has 6 rings (SSSR count). The van der Waals surface area contributed by atoms with Crippen LogP contribution < -0.4 is 5.73 Å². The van der Waals surface area contributed by atoms with Gasteiger partial charge in [0.1, 0.15) is 16.4 Å². The van der Waals surface area contributed by atoms with E-state index in [9.17, 15) is 4.79 Å². The highest BCUT2D eigenvalue weighted by Crippen LogP contribution is 2.43. The van der Waals surface area contributed by atoms with Gasteiger partial charge in [0.2, 0.25) is 5.95 Å². The number of hydrogen-bond donors (Lipinski definition) is 2. The van der Waals surface area contributed by atoms with Crippen LogP contribution in [0.2, 0.25) is 0 Å². The normalized spacial score (nSPS) is 17.1. The fraction of sp³-hybridized carbons (Fsp3) is 0.414. The number of H-pyrrole nitrogens is 1. The number of aromatic amines is 1. The zero-order chi connectivity index (χ0) is 27.0. The summed E-state index contributed by atoms with van der Waals surface area (Å²) in [5.41, 5.74) is 11.5. The zero-order valence-electron chi connectivity index (χ0n) is 22.3. The second-order valence-electron chi connectivity index (χ2n) is 11.1. The van der Waals surface area contributed by atoms with Gasteiger partial charge in [0.25, 0.3) is 0 Å². The molecule has 39 heavy (non-hydrogen) atoms. The highest BCUT2D eigenvalue weighted by Gasteiger charge is 2.38. The molecule has 10 heteroatoms. The smallest absolute Gasteiger partial charge is 0.220 e. The molecule has 3 aromatic heterocycles. The van der Waals surface area contributed by atoms with E-state index in [1.165, 1.54) is 16.9 Å². The van der Waals surface area contributed by atoms with Crippen molar-refractivity contribution in [2.45, 2.75) is 64.2 Å². The molecule has 0 amide bonds. The third-order valence-corrected chi connectivity index (χ3v) is 8.52. The van der Waals surface area contributed by atoms with Crippen LogP contribution in [0.5, 0.6) is 0 Å². The standard InChI is InChI=1S/C29H33N7O2S/c1-29(2)13-19-14-31-28(30)33-25(19)27-24(29)26(34-35-27)22(37)12-23-32-20(17-39-23)16-38-21-8-10-36(11-9-21)15-18-6-4-3-5-7-18/h3-7,14,17,21H,8-13,15-16H2,1-2H3,(H,34,35)(H2,30,31,33). The molecule has 202 valence electrons. The van der Waals surface area contributed by atoms with Crippen LogP contribution in [0.4, 0.5) is 5.95 Å². The van der Waals surface area contributed by atoms with E-state index in [2.05, 4.69) is 69.2 Å². The van der Waals surface area contributed by atoms with Gasteiger partial charge in [0.15, 0.2) is 5.78 Å². The highest BCUT2D eigenvalue weighted by molar-refractivity contribution is 7.09. The van der Waals surface area contributed by atoms with Crippen LogP contribution in [0.3, 0.4) is 0 Å². The monoisotopic (exact) mass is 543 g/mol. The quantitative estimate of drug-likeness (QED) is 0.315. The van der Waals surface area contributed by atoms with Gasteiger partial charge < -0.3 is 10.5 Å². The first kappa shape index (κ1) is 25.8. The van der Waals surface area contributed by atoms with Gasteiger partial charge in [-0.25, -0.2) is 15.0 Å². The predicted octanol–water partition coefficient (Wildman–Crippen LogP) is 4.35. The molecule has 0 spiro atoms. The van der Waals surface area contributed by atoms with Crippen LogP contribution in [0.1, 0.15) is 64.6 Å². The number of nitrogens with one attached hydrogen (secondary N) is 1. The van der Waals surface area contributed by atoms with Crippen LogP contribution in [-0.4, -0.2) is 55.0 Å². The van der Waals surface area contributed by atoms with E-state index >= 15 is 0 Å². The summed E-state index contributed by atoms with van der Waals surface area (Å²) >= 11 is 1.50. The van der Waals surface area contributed by atoms with E-state index < -0.39 is 0 Å². The van der Waals surface area contributed by atoms with E-state index in [1.54, 1.807) is 6.20 Å². The molecule has 1 aromatic carbocycles. The molecule has 3 N–H and O–H groups in total. The number of thiazole rings is 1. The number of nitrogens with two attached hydrogens (primary N) is 1. The third kappa shape index (κ3) is 5.50. The molecule has 1 fully saturated rings. The third-order valence-electron chi connectivity index (χ3n) is 7.62. The van der Waals surface area contributed by atoms with Crippen molar-refractivity contribution in [1.29, 1.82) is 0 Å². The van der Waals surface area contributed by atoms with E-state index in [0.717, 1.165) is 54.3 Å². The van der Waals surface area contributed by atoms with Gasteiger partial charge in [-0.1, -0.05) is 44.2 Å². The lowest BCUT2D eigenvalue weighted by molar-refractivity contribution is -0.00509. The summed E-state index contributed by atoms with van der Waals surface area (Å²) in [6, 6.07) is 10.6. The number of carbonyl (C=O) groups is 1. The molecule has 2 aliphatic rings. The summed E-state index contributed by atoms with van der Waals surface area (Å²) < 4.78 is 6.20. The Balaban J connectivity index is 1.05. The second kappa shape index (κ2) is 10.6. The largest absolute Gasteiger partial charge is 0.372 e. The molecule has 0 saturated carbocycles. The fourth-order valence-electron chi connectivity index (χ4n) is 5.69. The van der Waals surface area contributed by atoms with Crippen LogP contribution in [0, 0.1) is 0 Å². The molecule has 1 aliphatic heterocycles. The maximum atomic E-state index is 13.4. The Morgan fingerprint density at radius 1 is 1.18 bits per heavy atom. The Labute approximate surface area is 231 Å². The van der Waals surface area contributed by atoms with Crippen molar-refractivity contribution in [3.05, 3.63) is 75.0 Å². The number of anilines is 1. The van der Waals surface area contributed by atoms with Crippen LogP contribution in [-0.2, 0) is 36.1 Å². The van der Waals surface area contributed by atoms with Gasteiger partial charge in [0.05, 0.1) is 30.5 Å². The number of aromatic nitrogens is 5. The number of piperidine rings is 1. The maximum Gasteiger partial charge on any atom is 0.220 e. The molecular weight excluding hydrogens is 510 g/mol. The van der Waals surface area contributed by atoms with Crippen molar-refractivity contribution >= 4 is 23.1 Å². The van der Waals surface area contributed by atoms with Crippen LogP contribution in [0.25, 0.3) is 11.4 Å². The molecule has 1 aliphatic carbocycles. The summed E-state index contributed by atoms with van der Waals surface area (Å²) in [6.07, 6.45) is 4.95. The van der Waals surface area contributed by atoms with Gasteiger partial charge in [-0.2, -0.15) is 5.10 Å². The lowest BCUT2D eigenvalue weighted by atomic mass is 9.73. The summed E-state index contributed by atoms with van der Waals surface area (Å²) in [4.78, 5) is 29.1. The Hall–Kier alpha value is -3.47. The van der Waals surface area contributed by atoms with Gasteiger partial charge >= 0.3 is 0 Å². The van der Waals surface area contributed by atoms with Crippen molar-refractivity contribution in [2.75, 3.05) is 18.8 Å². The first-order valence-corrected chi connectivity index (χ1v) is 14.3. The molecule has 4 aromatic rings. The second-order valence-corrected chi connectivity index (χ2v) is 12.0. The Kier molecular flexibility index (Phi) is 7.01. The number of hydrogen-bond acceptors (Lipinski definition) is 9. The number of carbonyl (C=O) groups excluding carboxylic acids is 1. The van der Waals surface area contributed by atoms with Crippen molar-refractivity contribution in [2.24, 2.45) is 0 Å². The summed E-state index contributed by atoms with van der Waals surface area (Å²) in [5, 5.41) is 10.2. The molecule has 0 radical (unpaired) electrons. The molecular formula is C29H33N7O2S. The minimum atomic E-state index is -0.293. The highest BCUT2D eigenvalue weighted by atomic mass is 32.1. The van der Waals surface area contributed by atoms with E-state index in [0.29, 0.717) is 30.1 Å². The van der Waals surface area contributed by atoms with Crippen LogP contribution >= 0.6 is 11.3 Å². The first-order chi connectivity index (χ1) is 18.9. The average Bonchev–Trinajstić information content (AvgIpc) is 3.58. The van der Waals surface area contributed by atoms with E-state index in [1.807, 2.05) is 5.38 Å². The molecule has 4 heterocycles. The number of benzene rings is 1. The SMILES string of the molecule is CC1(C)Cc2cnc(N)nc2-c2n[nH]c(C(=O)Cc3nc(COC4CCN(Cc5ccccc5)CC4)cs3)c21. The Morgan fingerprint density at radius 2 is 1.97 bits per heavy atom. The average molecular weight is 544 g/mol. The number of nitrogens with zero attached hydrogens (tertiary/aromatic N) is 5. The lowest BCUT2D eigenvalue weighted by Gasteiger charge is -2.31. The van der Waals surface area contributed by atoms with Gasteiger partial charge in [-0.3, -0.25) is 14.8 Å². The molecule has 9 nitrogen and oxygen atoms in total. The lowest BCUT2D eigenvalue weighted by Crippen LogP contribution is -2.36. The maximum absolute atomic E-state index is 13.4. The molecule has 1 saturated heterocycles. The van der Waals surface area contributed by atoms with Crippen LogP contribution in [0.15, 0.2) is 41.9 Å². The molecule has 0 unspecified atom stereocenters. The number of Topliss-reactive ketones (excluding diaryl/α,β-unsaturated/α-hetero) is 1. The predicted molar refractivity (Wildman–Crippen MR) is 150 cm³/mol. The Bertz CT molecular complexity index is 1470. The number of rotatable bonds is 8. The first-order valence-electron chi connectivity index (χ1n) is 13.4. The van der Waals surface area contributed by atoms with E-state index in [4.69, 9.17) is 15.5 Å². The van der Waals surface area contributed by atoms with Crippen molar-refractivity contribution in [1.82, 2.24) is 30.0 Å². The fourth-order valence-corrected chi connectivity index (χ4v) is 6.47. The van der Waals surface area contributed by atoms with E-state index in [-0.39, 0.29) is 29.7 Å². The number of likely N-dealkylation sites (tertiary alicyclic amines) is 1. The summed E-state index contributed by atoms with van der Waals surface area (Å²) in [7, 11) is 0. The van der Waals surface area contributed by atoms with Crippen molar-refractivity contribution in [3.63, 3.8) is 0 Å².